The number of carbonyl (C=O) groups excluding carboxylic acids is 2. The number of thiazole rings is 1. The minimum absolute atomic E-state index is 0.174. The van der Waals surface area contributed by atoms with Crippen molar-refractivity contribution in [3.05, 3.63) is 46.5 Å². The number of benzene rings is 1. The Morgan fingerprint density at radius 3 is 2.71 bits per heavy atom. The third kappa shape index (κ3) is 4.06. The van der Waals surface area contributed by atoms with Crippen LogP contribution < -0.4 is 5.32 Å². The average Bonchev–Trinajstić information content (AvgIpc) is 2.84. The monoisotopic (exact) mass is 312 g/mol. The summed E-state index contributed by atoms with van der Waals surface area (Å²) in [4.78, 5) is 27.1. The van der Waals surface area contributed by atoms with Gasteiger partial charge in [0.1, 0.15) is 0 Å². The van der Waals surface area contributed by atoms with Crippen molar-refractivity contribution in [1.29, 1.82) is 0 Å². The number of carbonyl (C=O) groups is 2. The minimum atomic E-state index is -1.16. The molecule has 1 aromatic heterocycles. The van der Waals surface area contributed by atoms with Crippen LogP contribution in [0.5, 0.6) is 0 Å². The van der Waals surface area contributed by atoms with E-state index >= 15 is 0 Å². The summed E-state index contributed by atoms with van der Waals surface area (Å²) in [6, 6.07) is 2.59. The molecule has 0 aliphatic rings. The highest BCUT2D eigenvalue weighted by Crippen LogP contribution is 2.14. The molecule has 0 saturated carbocycles. The zero-order valence-electron chi connectivity index (χ0n) is 10.9. The molecule has 0 fully saturated rings. The van der Waals surface area contributed by atoms with Crippen LogP contribution in [0.2, 0.25) is 0 Å². The van der Waals surface area contributed by atoms with E-state index in [0.717, 1.165) is 17.8 Å². The van der Waals surface area contributed by atoms with Gasteiger partial charge in [0.15, 0.2) is 23.4 Å². The van der Waals surface area contributed by atoms with Crippen molar-refractivity contribution in [2.75, 3.05) is 11.9 Å². The van der Waals surface area contributed by atoms with Crippen molar-refractivity contribution >= 4 is 28.3 Å². The molecule has 0 unspecified atom stereocenters. The number of aryl methyl sites for hydroxylation is 1. The molecule has 1 amide bonds. The molecule has 0 saturated heterocycles. The van der Waals surface area contributed by atoms with Crippen molar-refractivity contribution in [2.24, 2.45) is 0 Å². The fourth-order valence-electron chi connectivity index (χ4n) is 1.40. The molecule has 5 nitrogen and oxygen atoms in total. The Kier molecular flexibility index (Phi) is 4.59. The van der Waals surface area contributed by atoms with Gasteiger partial charge in [-0.05, 0) is 25.1 Å². The highest BCUT2D eigenvalue weighted by molar-refractivity contribution is 7.13. The molecule has 2 rings (SSSR count). The zero-order valence-corrected chi connectivity index (χ0v) is 11.7. The molecule has 21 heavy (non-hydrogen) atoms. The van der Waals surface area contributed by atoms with Gasteiger partial charge in [0, 0.05) is 5.38 Å². The van der Waals surface area contributed by atoms with Crippen LogP contribution in [0.1, 0.15) is 16.1 Å². The van der Waals surface area contributed by atoms with Crippen LogP contribution >= 0.6 is 11.3 Å². The Bertz CT molecular complexity index is 688. The largest absolute Gasteiger partial charge is 0.452 e. The molecule has 8 heteroatoms. The molecule has 0 radical (unpaired) electrons. The highest BCUT2D eigenvalue weighted by Gasteiger charge is 2.13. The lowest BCUT2D eigenvalue weighted by Gasteiger charge is -2.05. The predicted octanol–water partition coefficient (Wildman–Crippen LogP) is 2.53. The number of nitrogens with zero attached hydrogens (tertiary/aromatic N) is 1. The number of halogens is 2. The van der Waals surface area contributed by atoms with E-state index in [1.807, 2.05) is 0 Å². The van der Waals surface area contributed by atoms with Crippen LogP contribution in [-0.4, -0.2) is 23.5 Å². The summed E-state index contributed by atoms with van der Waals surface area (Å²) in [5.74, 6) is -3.71. The smallest absolute Gasteiger partial charge is 0.338 e. The van der Waals surface area contributed by atoms with Crippen LogP contribution in [0.4, 0.5) is 13.9 Å². The molecule has 110 valence electrons. The van der Waals surface area contributed by atoms with E-state index in [4.69, 9.17) is 4.74 Å². The first kappa shape index (κ1) is 15.0. The van der Waals surface area contributed by atoms with Gasteiger partial charge in [-0.15, -0.1) is 11.3 Å². The third-order valence-electron chi connectivity index (χ3n) is 2.36. The number of esters is 1. The Morgan fingerprint density at radius 2 is 2.10 bits per heavy atom. The normalized spacial score (nSPS) is 10.2. The molecular formula is C13H10F2N2O3S. The standard InChI is InChI=1S/C13H10F2N2O3S/c1-7-6-21-13(16-7)17-11(18)5-20-12(19)8-2-3-9(14)10(15)4-8/h2-4,6H,5H2,1H3,(H,16,17,18). The maximum atomic E-state index is 13.0. The molecule has 0 bridgehead atoms. The molecular weight excluding hydrogens is 302 g/mol. The number of rotatable bonds is 4. The van der Waals surface area contributed by atoms with Gasteiger partial charge in [-0.2, -0.15) is 0 Å². The van der Waals surface area contributed by atoms with Crippen LogP contribution in [0.3, 0.4) is 0 Å². The summed E-state index contributed by atoms with van der Waals surface area (Å²) >= 11 is 1.24. The lowest BCUT2D eigenvalue weighted by molar-refractivity contribution is -0.119. The fraction of sp³-hybridized carbons (Fsp3) is 0.154. The van der Waals surface area contributed by atoms with Gasteiger partial charge < -0.3 is 4.74 Å². The quantitative estimate of drug-likeness (QED) is 0.881. The summed E-state index contributed by atoms with van der Waals surface area (Å²) in [6.07, 6.45) is 0. The number of amides is 1. The van der Waals surface area contributed by atoms with E-state index < -0.39 is 30.1 Å². The molecule has 0 aliphatic carbocycles. The lowest BCUT2D eigenvalue weighted by atomic mass is 10.2. The number of aromatic nitrogens is 1. The average molecular weight is 312 g/mol. The SMILES string of the molecule is Cc1csc(NC(=O)COC(=O)c2ccc(F)c(F)c2)n1. The van der Waals surface area contributed by atoms with Crippen LogP contribution in [0.15, 0.2) is 23.6 Å². The summed E-state index contributed by atoms with van der Waals surface area (Å²) in [5.41, 5.74) is 0.584. The summed E-state index contributed by atoms with van der Waals surface area (Å²) < 4.78 is 30.4. The van der Waals surface area contributed by atoms with Crippen LogP contribution in [0.25, 0.3) is 0 Å². The molecule has 0 atom stereocenters. The number of hydrogen-bond acceptors (Lipinski definition) is 5. The summed E-state index contributed by atoms with van der Waals surface area (Å²) in [7, 11) is 0. The van der Waals surface area contributed by atoms with Gasteiger partial charge >= 0.3 is 5.97 Å². The maximum Gasteiger partial charge on any atom is 0.338 e. The Labute approximate surface area is 122 Å². The highest BCUT2D eigenvalue weighted by atomic mass is 32.1. The van der Waals surface area contributed by atoms with Crippen molar-refractivity contribution in [3.8, 4) is 0 Å². The molecule has 0 aliphatic heterocycles. The fourth-order valence-corrected chi connectivity index (χ4v) is 2.11. The molecule has 0 spiro atoms. The van der Waals surface area contributed by atoms with E-state index in [1.54, 1.807) is 12.3 Å². The van der Waals surface area contributed by atoms with E-state index in [1.165, 1.54) is 11.3 Å². The second kappa shape index (κ2) is 6.40. The summed E-state index contributed by atoms with van der Waals surface area (Å²) in [6.45, 7) is 1.23. The molecule has 1 aromatic carbocycles. The Hall–Kier alpha value is -2.35. The van der Waals surface area contributed by atoms with Crippen molar-refractivity contribution in [3.63, 3.8) is 0 Å². The molecule has 1 N–H and O–H groups in total. The number of nitrogens with one attached hydrogen (secondary N) is 1. The minimum Gasteiger partial charge on any atom is -0.452 e. The second-order valence-corrected chi connectivity index (χ2v) is 4.91. The Balaban J connectivity index is 1.88. The Morgan fingerprint density at radius 1 is 1.33 bits per heavy atom. The van der Waals surface area contributed by atoms with E-state index in [2.05, 4.69) is 10.3 Å². The predicted molar refractivity (Wildman–Crippen MR) is 72.1 cm³/mol. The van der Waals surface area contributed by atoms with Gasteiger partial charge in [-0.3, -0.25) is 10.1 Å². The van der Waals surface area contributed by atoms with E-state index in [9.17, 15) is 18.4 Å². The molecule has 1 heterocycles. The van der Waals surface area contributed by atoms with Crippen LogP contribution in [0, 0.1) is 18.6 Å². The lowest BCUT2D eigenvalue weighted by Crippen LogP contribution is -2.21. The van der Waals surface area contributed by atoms with E-state index in [0.29, 0.717) is 11.2 Å². The second-order valence-electron chi connectivity index (χ2n) is 4.05. The van der Waals surface area contributed by atoms with Crippen molar-refractivity contribution < 1.29 is 23.1 Å². The maximum absolute atomic E-state index is 13.0. The van der Waals surface area contributed by atoms with Crippen molar-refractivity contribution in [2.45, 2.75) is 6.92 Å². The number of anilines is 1. The van der Waals surface area contributed by atoms with Gasteiger partial charge in [0.05, 0.1) is 11.3 Å². The molecule has 2 aromatic rings. The van der Waals surface area contributed by atoms with Crippen LogP contribution in [-0.2, 0) is 9.53 Å². The van der Waals surface area contributed by atoms with Gasteiger partial charge in [-0.25, -0.2) is 18.6 Å². The topological polar surface area (TPSA) is 68.3 Å². The first-order valence-electron chi connectivity index (χ1n) is 5.80. The summed E-state index contributed by atoms with van der Waals surface area (Å²) in [5, 5.41) is 4.59. The first-order valence-corrected chi connectivity index (χ1v) is 6.68. The van der Waals surface area contributed by atoms with E-state index in [-0.39, 0.29) is 5.56 Å². The third-order valence-corrected chi connectivity index (χ3v) is 3.23. The number of hydrogen-bond donors (Lipinski definition) is 1. The zero-order chi connectivity index (χ0) is 15.4. The number of ether oxygens (including phenoxy) is 1. The van der Waals surface area contributed by atoms with Crippen molar-refractivity contribution in [1.82, 2.24) is 4.98 Å². The van der Waals surface area contributed by atoms with Gasteiger partial charge in [0.25, 0.3) is 5.91 Å². The van der Waals surface area contributed by atoms with Gasteiger partial charge in [-0.1, -0.05) is 0 Å². The first-order chi connectivity index (χ1) is 9.95. The van der Waals surface area contributed by atoms with Gasteiger partial charge in [0.2, 0.25) is 0 Å².